The van der Waals surface area contributed by atoms with Crippen molar-refractivity contribution in [1.82, 2.24) is 9.96 Å². The van der Waals surface area contributed by atoms with Crippen molar-refractivity contribution in [3.63, 3.8) is 0 Å². The van der Waals surface area contributed by atoms with Crippen molar-refractivity contribution < 1.29 is 28.3 Å². The molecule has 0 spiro atoms. The number of nitrogens with zero attached hydrogens (tertiary/aromatic N) is 2. The van der Waals surface area contributed by atoms with E-state index in [9.17, 15) is 18.4 Å². The van der Waals surface area contributed by atoms with Crippen molar-refractivity contribution >= 4 is 12.0 Å². The van der Waals surface area contributed by atoms with Gasteiger partial charge in [0, 0.05) is 13.5 Å². The van der Waals surface area contributed by atoms with E-state index in [1.807, 2.05) is 0 Å². The number of rotatable bonds is 2. The van der Waals surface area contributed by atoms with Crippen LogP contribution < -0.4 is 0 Å². The Bertz CT molecular complexity index is 310. The second-order valence-corrected chi connectivity index (χ2v) is 3.50. The lowest BCUT2D eigenvalue weighted by molar-refractivity contribution is -0.173. The molecule has 0 aromatic carbocycles. The van der Waals surface area contributed by atoms with E-state index >= 15 is 0 Å². The van der Waals surface area contributed by atoms with E-state index < -0.39 is 36.9 Å². The maximum atomic E-state index is 13.0. The van der Waals surface area contributed by atoms with Gasteiger partial charge in [0.2, 0.25) is 0 Å². The molecule has 2 amide bonds. The zero-order chi connectivity index (χ0) is 12.5. The van der Waals surface area contributed by atoms with Gasteiger partial charge in [-0.05, 0) is 0 Å². The quantitative estimate of drug-likeness (QED) is 0.707. The molecule has 1 aliphatic heterocycles. The van der Waals surface area contributed by atoms with Crippen molar-refractivity contribution in [3.05, 3.63) is 0 Å². The molecule has 0 unspecified atom stereocenters. The molecular weight excluding hydrogens is 226 g/mol. The monoisotopic (exact) mass is 238 g/mol. The molecule has 0 aromatic rings. The lowest BCUT2D eigenvalue weighted by Gasteiger charge is -2.23. The molecule has 92 valence electrons. The Hall–Kier alpha value is -1.44. The third-order valence-electron chi connectivity index (χ3n) is 2.38. The fourth-order valence-corrected chi connectivity index (χ4v) is 1.54. The van der Waals surface area contributed by atoms with Crippen molar-refractivity contribution in [1.29, 1.82) is 0 Å². The van der Waals surface area contributed by atoms with Gasteiger partial charge >= 0.3 is 6.09 Å². The van der Waals surface area contributed by atoms with Crippen LogP contribution in [0.25, 0.3) is 0 Å². The van der Waals surface area contributed by atoms with E-state index in [1.54, 1.807) is 0 Å². The summed E-state index contributed by atoms with van der Waals surface area (Å²) >= 11 is 0. The number of amides is 2. The number of halogens is 2. The van der Waals surface area contributed by atoms with Gasteiger partial charge in [0.05, 0.1) is 13.7 Å². The molecule has 1 fully saturated rings. The molecule has 0 saturated carbocycles. The first-order chi connectivity index (χ1) is 7.28. The fourth-order valence-electron chi connectivity index (χ4n) is 1.54. The molecular formula is C8H12F2N2O4. The summed E-state index contributed by atoms with van der Waals surface area (Å²) in [5, 5.41) is 9.44. The average Bonchev–Trinajstić information content (AvgIpc) is 2.52. The Morgan fingerprint density at radius 1 is 1.56 bits per heavy atom. The number of likely N-dealkylation sites (tertiary alicyclic amines) is 1. The number of hydrogen-bond donors (Lipinski definition) is 1. The second kappa shape index (κ2) is 4.20. The molecule has 0 aromatic heterocycles. The molecule has 1 heterocycles. The van der Waals surface area contributed by atoms with Gasteiger partial charge in [0.15, 0.2) is 0 Å². The van der Waals surface area contributed by atoms with Crippen LogP contribution in [0.15, 0.2) is 0 Å². The number of likely N-dealkylation sites (N-methyl/N-ethyl adjacent to an activating group) is 1. The van der Waals surface area contributed by atoms with Gasteiger partial charge in [-0.2, -0.15) is 0 Å². The smallest absolute Gasteiger partial charge is 0.408 e. The first kappa shape index (κ1) is 12.6. The van der Waals surface area contributed by atoms with Gasteiger partial charge in [-0.3, -0.25) is 14.5 Å². The minimum absolute atomic E-state index is 0.428. The minimum Gasteiger partial charge on any atom is -0.465 e. The molecule has 1 atom stereocenters. The normalized spacial score (nSPS) is 23.2. The van der Waals surface area contributed by atoms with Crippen LogP contribution in [-0.4, -0.2) is 59.7 Å². The number of alkyl halides is 2. The lowest BCUT2D eigenvalue weighted by Crippen LogP contribution is -2.45. The standard InChI is InChI=1S/C8H12F2N2O4/c1-11(16-2)6(13)5-3-8(9,10)4-12(5)7(14)15/h5H,3-4H2,1-2H3,(H,14,15)/t5-/m0/s1. The molecule has 6 nitrogen and oxygen atoms in total. The predicted octanol–water partition coefficient (Wildman–Crippen LogP) is 0.394. The molecule has 8 heteroatoms. The number of hydrogen-bond acceptors (Lipinski definition) is 3. The SMILES string of the molecule is CON(C)C(=O)[C@@H]1CC(F)(F)CN1C(=O)O. The average molecular weight is 238 g/mol. The topological polar surface area (TPSA) is 70.1 Å². The van der Waals surface area contributed by atoms with Crippen molar-refractivity contribution in [3.8, 4) is 0 Å². The zero-order valence-corrected chi connectivity index (χ0v) is 8.81. The van der Waals surface area contributed by atoms with E-state index in [-0.39, 0.29) is 0 Å². The van der Waals surface area contributed by atoms with Crippen molar-refractivity contribution in [2.75, 3.05) is 20.7 Å². The third kappa shape index (κ3) is 2.38. The van der Waals surface area contributed by atoms with E-state index in [4.69, 9.17) is 5.11 Å². The van der Waals surface area contributed by atoms with Gasteiger partial charge in [-0.25, -0.2) is 18.6 Å². The van der Waals surface area contributed by atoms with Crippen molar-refractivity contribution in [2.24, 2.45) is 0 Å². The first-order valence-corrected chi connectivity index (χ1v) is 4.47. The molecule has 1 rings (SSSR count). The van der Waals surface area contributed by atoms with Crippen LogP contribution >= 0.6 is 0 Å². The van der Waals surface area contributed by atoms with Gasteiger partial charge < -0.3 is 5.11 Å². The van der Waals surface area contributed by atoms with E-state index in [0.717, 1.165) is 5.06 Å². The minimum atomic E-state index is -3.17. The molecule has 1 aliphatic rings. The highest BCUT2D eigenvalue weighted by molar-refractivity contribution is 5.85. The van der Waals surface area contributed by atoms with Crippen molar-refractivity contribution in [2.45, 2.75) is 18.4 Å². The lowest BCUT2D eigenvalue weighted by atomic mass is 10.2. The molecule has 1 N–H and O–H groups in total. The van der Waals surface area contributed by atoms with E-state index in [0.29, 0.717) is 4.90 Å². The predicted molar refractivity (Wildman–Crippen MR) is 47.9 cm³/mol. The van der Waals surface area contributed by atoms with Crippen LogP contribution in [0.2, 0.25) is 0 Å². The van der Waals surface area contributed by atoms with E-state index in [1.165, 1.54) is 14.2 Å². The van der Waals surface area contributed by atoms with Gasteiger partial charge in [-0.15, -0.1) is 0 Å². The summed E-state index contributed by atoms with van der Waals surface area (Å²) in [4.78, 5) is 27.2. The van der Waals surface area contributed by atoms with Crippen LogP contribution in [0, 0.1) is 0 Å². The summed E-state index contributed by atoms with van der Waals surface area (Å²) in [6.45, 7) is -0.962. The van der Waals surface area contributed by atoms with Gasteiger partial charge in [0.25, 0.3) is 11.8 Å². The summed E-state index contributed by atoms with van der Waals surface area (Å²) < 4.78 is 26.0. The third-order valence-corrected chi connectivity index (χ3v) is 2.38. The number of carbonyl (C=O) groups excluding carboxylic acids is 1. The summed E-state index contributed by atoms with van der Waals surface area (Å²) in [7, 11) is 2.43. The van der Waals surface area contributed by atoms with Crippen LogP contribution in [0.3, 0.4) is 0 Å². The Labute approximate surface area is 90.3 Å². The first-order valence-electron chi connectivity index (χ1n) is 4.47. The highest BCUT2D eigenvalue weighted by Gasteiger charge is 2.51. The second-order valence-electron chi connectivity index (χ2n) is 3.50. The van der Waals surface area contributed by atoms with Crippen LogP contribution in [0.4, 0.5) is 13.6 Å². The molecule has 1 saturated heterocycles. The maximum absolute atomic E-state index is 13.0. The van der Waals surface area contributed by atoms with Gasteiger partial charge in [-0.1, -0.05) is 0 Å². The van der Waals surface area contributed by atoms with Crippen LogP contribution in [0.5, 0.6) is 0 Å². The van der Waals surface area contributed by atoms with Crippen LogP contribution in [-0.2, 0) is 9.63 Å². The highest BCUT2D eigenvalue weighted by atomic mass is 19.3. The van der Waals surface area contributed by atoms with Gasteiger partial charge in [0.1, 0.15) is 6.04 Å². The van der Waals surface area contributed by atoms with E-state index in [2.05, 4.69) is 4.84 Å². The Balaban J connectivity index is 2.85. The molecule has 0 bridgehead atoms. The zero-order valence-electron chi connectivity index (χ0n) is 8.81. The summed E-state index contributed by atoms with van der Waals surface area (Å²) in [5.41, 5.74) is 0. The highest BCUT2D eigenvalue weighted by Crippen LogP contribution is 2.32. The Morgan fingerprint density at radius 2 is 2.12 bits per heavy atom. The molecule has 16 heavy (non-hydrogen) atoms. The largest absolute Gasteiger partial charge is 0.465 e. The number of hydroxylamine groups is 2. The molecule has 0 radical (unpaired) electrons. The summed E-state index contributed by atoms with van der Waals surface area (Å²) in [6, 6.07) is -1.39. The summed E-state index contributed by atoms with van der Waals surface area (Å²) in [6.07, 6.45) is -2.36. The Morgan fingerprint density at radius 3 is 2.56 bits per heavy atom. The Kier molecular flexibility index (Phi) is 3.32. The number of carboxylic acid groups (broad SMARTS) is 1. The summed E-state index contributed by atoms with van der Waals surface area (Å²) in [5.74, 6) is -3.98. The fraction of sp³-hybridized carbons (Fsp3) is 0.750. The molecule has 0 aliphatic carbocycles. The number of carbonyl (C=O) groups is 2. The van der Waals surface area contributed by atoms with Crippen LogP contribution in [0.1, 0.15) is 6.42 Å². The maximum Gasteiger partial charge on any atom is 0.408 e.